The Morgan fingerprint density at radius 2 is 1.88 bits per heavy atom. The lowest BCUT2D eigenvalue weighted by molar-refractivity contribution is 0.548. The van der Waals surface area contributed by atoms with Gasteiger partial charge in [0.15, 0.2) is 5.82 Å². The molecule has 2 aliphatic carbocycles. The van der Waals surface area contributed by atoms with E-state index in [1.165, 1.54) is 44.9 Å². The summed E-state index contributed by atoms with van der Waals surface area (Å²) < 4.78 is 0. The fourth-order valence-corrected chi connectivity index (χ4v) is 4.76. The summed E-state index contributed by atoms with van der Waals surface area (Å²) in [4.78, 5) is 13.4. The van der Waals surface area contributed by atoms with E-state index < -0.39 is 0 Å². The Bertz CT molecular complexity index is 676. The van der Waals surface area contributed by atoms with E-state index in [9.17, 15) is 0 Å². The Morgan fingerprint density at radius 3 is 2.54 bits per heavy atom. The lowest BCUT2D eigenvalue weighted by atomic mass is 10.0. The highest BCUT2D eigenvalue weighted by Crippen LogP contribution is 2.40. The number of anilines is 3. The van der Waals surface area contributed by atoms with Crippen LogP contribution in [-0.2, 0) is 0 Å². The molecule has 1 aromatic rings. The van der Waals surface area contributed by atoms with Crippen molar-refractivity contribution in [2.75, 3.05) is 15.1 Å². The second kappa shape index (κ2) is 7.21. The molecule has 0 aromatic carbocycles. The molecule has 7 nitrogen and oxygen atoms in total. The van der Waals surface area contributed by atoms with Crippen molar-refractivity contribution in [3.05, 3.63) is 6.20 Å². The summed E-state index contributed by atoms with van der Waals surface area (Å²) in [6.45, 7) is 2.12. The first kappa shape index (κ1) is 17.2. The van der Waals surface area contributed by atoms with Gasteiger partial charge in [-0.3, -0.25) is 15.7 Å². The van der Waals surface area contributed by atoms with Crippen molar-refractivity contribution in [3.8, 4) is 0 Å². The van der Waals surface area contributed by atoms with Gasteiger partial charge in [-0.2, -0.15) is 4.98 Å². The first-order valence-corrected chi connectivity index (χ1v) is 10.0. The van der Waals surface area contributed by atoms with Crippen LogP contribution in [0.2, 0.25) is 0 Å². The highest BCUT2D eigenvalue weighted by molar-refractivity contribution is 6.16. The Hall–Kier alpha value is -2.18. The highest BCUT2D eigenvalue weighted by atomic mass is 15.4. The highest BCUT2D eigenvalue weighted by Gasteiger charge is 2.40. The molecule has 140 valence electrons. The molecule has 26 heavy (non-hydrogen) atoms. The van der Waals surface area contributed by atoms with Gasteiger partial charge < -0.3 is 10.2 Å². The van der Waals surface area contributed by atoms with Crippen LogP contribution in [-0.4, -0.2) is 40.3 Å². The van der Waals surface area contributed by atoms with Crippen LogP contribution in [0.15, 0.2) is 6.20 Å². The zero-order valence-electron chi connectivity index (χ0n) is 15.5. The van der Waals surface area contributed by atoms with E-state index in [4.69, 9.17) is 15.8 Å². The number of amidine groups is 1. The summed E-state index contributed by atoms with van der Waals surface area (Å²) in [6.07, 6.45) is 13.6. The van der Waals surface area contributed by atoms with Gasteiger partial charge in [0, 0.05) is 12.1 Å². The third-order valence-electron chi connectivity index (χ3n) is 6.09. The standard InChI is InChI=1S/C19H29N7/c1-2-15-17(21)25(12-20)16-11-22-19(23-13-7-3-4-8-13)24-18(16)26(15)14-9-5-6-10-14/h11-15,20-21H,2-10H2,1H3,(H,22,23,24)/t15-/m1/s1. The topological polar surface area (TPSA) is 92.0 Å². The van der Waals surface area contributed by atoms with Crippen LogP contribution in [0.5, 0.6) is 0 Å². The van der Waals surface area contributed by atoms with Crippen molar-refractivity contribution in [1.29, 1.82) is 10.8 Å². The lowest BCUT2D eigenvalue weighted by Crippen LogP contribution is -2.56. The van der Waals surface area contributed by atoms with Crippen LogP contribution in [0, 0.1) is 10.8 Å². The maximum absolute atomic E-state index is 8.62. The second-order valence-corrected chi connectivity index (χ2v) is 7.68. The van der Waals surface area contributed by atoms with Crippen LogP contribution in [0.25, 0.3) is 0 Å². The van der Waals surface area contributed by atoms with Crippen molar-refractivity contribution in [2.45, 2.75) is 82.8 Å². The number of hydrogen-bond acceptors (Lipinski definition) is 6. The van der Waals surface area contributed by atoms with Crippen LogP contribution >= 0.6 is 0 Å². The van der Waals surface area contributed by atoms with Gasteiger partial charge in [-0.1, -0.05) is 32.6 Å². The third-order valence-corrected chi connectivity index (χ3v) is 6.09. The van der Waals surface area contributed by atoms with Crippen molar-refractivity contribution < 1.29 is 0 Å². The Kier molecular flexibility index (Phi) is 4.78. The zero-order valence-corrected chi connectivity index (χ0v) is 15.5. The Balaban J connectivity index is 1.73. The molecular weight excluding hydrogens is 326 g/mol. The normalized spacial score (nSPS) is 24.2. The van der Waals surface area contributed by atoms with E-state index in [2.05, 4.69) is 22.1 Å². The summed E-state index contributed by atoms with van der Waals surface area (Å²) in [5.74, 6) is 2.03. The average molecular weight is 355 g/mol. The fourth-order valence-electron chi connectivity index (χ4n) is 4.76. The second-order valence-electron chi connectivity index (χ2n) is 7.68. The number of rotatable bonds is 5. The van der Waals surface area contributed by atoms with E-state index in [1.54, 1.807) is 11.1 Å². The maximum atomic E-state index is 8.62. The molecule has 1 aliphatic heterocycles. The maximum Gasteiger partial charge on any atom is 0.224 e. The van der Waals surface area contributed by atoms with E-state index >= 15 is 0 Å². The predicted molar refractivity (Wildman–Crippen MR) is 106 cm³/mol. The molecule has 1 atom stereocenters. The monoisotopic (exact) mass is 355 g/mol. The number of aromatic nitrogens is 2. The SMILES string of the molecule is CC[C@@H]1C(=N)N(C=N)c2cnc(NC3CCCC3)nc2N1C1CCCC1. The van der Waals surface area contributed by atoms with Gasteiger partial charge in [-0.15, -0.1) is 0 Å². The molecule has 2 heterocycles. The van der Waals surface area contributed by atoms with Crippen molar-refractivity contribution in [1.82, 2.24) is 9.97 Å². The smallest absolute Gasteiger partial charge is 0.224 e. The molecule has 0 bridgehead atoms. The van der Waals surface area contributed by atoms with Gasteiger partial charge in [0.2, 0.25) is 5.95 Å². The van der Waals surface area contributed by atoms with Gasteiger partial charge in [0.25, 0.3) is 0 Å². The number of hydrogen-bond donors (Lipinski definition) is 3. The molecule has 0 spiro atoms. The molecule has 0 unspecified atom stereocenters. The summed E-state index contributed by atoms with van der Waals surface area (Å²) in [7, 11) is 0. The molecule has 0 amide bonds. The van der Waals surface area contributed by atoms with Gasteiger partial charge in [-0.25, -0.2) is 4.98 Å². The molecule has 0 saturated heterocycles. The minimum absolute atomic E-state index is 0.0265. The quantitative estimate of drug-likeness (QED) is 0.552. The van der Waals surface area contributed by atoms with E-state index in [0.29, 0.717) is 23.9 Å². The van der Waals surface area contributed by atoms with Crippen LogP contribution in [0.1, 0.15) is 64.7 Å². The number of fused-ring (bicyclic) bond motifs is 1. The Labute approximate surface area is 155 Å². The molecule has 3 N–H and O–H groups in total. The minimum atomic E-state index is -0.0265. The molecule has 7 heteroatoms. The number of nitrogens with one attached hydrogen (secondary N) is 3. The van der Waals surface area contributed by atoms with Gasteiger partial charge in [0.05, 0.1) is 18.6 Å². The van der Waals surface area contributed by atoms with Crippen molar-refractivity contribution in [2.24, 2.45) is 0 Å². The van der Waals surface area contributed by atoms with Gasteiger partial charge in [-0.05, 0) is 32.1 Å². The van der Waals surface area contributed by atoms with Crippen molar-refractivity contribution in [3.63, 3.8) is 0 Å². The molecule has 2 saturated carbocycles. The molecule has 0 radical (unpaired) electrons. The largest absolute Gasteiger partial charge is 0.351 e. The molecule has 2 fully saturated rings. The molecule has 3 aliphatic rings. The van der Waals surface area contributed by atoms with Gasteiger partial charge >= 0.3 is 0 Å². The van der Waals surface area contributed by atoms with Crippen LogP contribution < -0.4 is 15.1 Å². The summed E-state index contributed by atoms with van der Waals surface area (Å²) in [5.41, 5.74) is 0.763. The van der Waals surface area contributed by atoms with Crippen LogP contribution in [0.3, 0.4) is 0 Å². The lowest BCUT2D eigenvalue weighted by Gasteiger charge is -2.45. The first-order chi connectivity index (χ1) is 12.7. The van der Waals surface area contributed by atoms with E-state index in [1.807, 2.05) is 0 Å². The average Bonchev–Trinajstić information content (AvgIpc) is 3.35. The summed E-state index contributed by atoms with van der Waals surface area (Å²) in [6, 6.07) is 0.873. The fraction of sp³-hybridized carbons (Fsp3) is 0.684. The summed E-state index contributed by atoms with van der Waals surface area (Å²) in [5, 5.41) is 19.9. The predicted octanol–water partition coefficient (Wildman–Crippen LogP) is 3.76. The third kappa shape index (κ3) is 2.93. The minimum Gasteiger partial charge on any atom is -0.351 e. The first-order valence-electron chi connectivity index (χ1n) is 10.0. The molecule has 1 aromatic heterocycles. The number of nitrogens with zero attached hydrogens (tertiary/aromatic N) is 4. The molecular formula is C19H29N7. The molecule has 4 rings (SSSR count). The van der Waals surface area contributed by atoms with E-state index in [0.717, 1.165) is 30.8 Å². The van der Waals surface area contributed by atoms with Gasteiger partial charge in [0.1, 0.15) is 11.5 Å². The van der Waals surface area contributed by atoms with E-state index in [-0.39, 0.29) is 6.04 Å². The zero-order chi connectivity index (χ0) is 18.1. The Morgan fingerprint density at radius 1 is 1.19 bits per heavy atom. The van der Waals surface area contributed by atoms with Crippen molar-refractivity contribution >= 4 is 29.6 Å². The van der Waals surface area contributed by atoms with Crippen LogP contribution in [0.4, 0.5) is 17.5 Å². The summed E-state index contributed by atoms with van der Waals surface area (Å²) >= 11 is 0.